The van der Waals surface area contributed by atoms with Crippen LogP contribution in [0.25, 0.3) is 0 Å². The Hall–Kier alpha value is -1.62. The number of nitriles is 1. The number of benzene rings is 1. The standard InChI is InChI=1S/C10H7NO/c11-6-7-2-1-3-9-8(7)4-5-10(9)12/h1-3H,4-5H2. The van der Waals surface area contributed by atoms with Crippen LogP contribution >= 0.6 is 0 Å². The maximum atomic E-state index is 11.2. The van der Waals surface area contributed by atoms with Crippen molar-refractivity contribution in [3.8, 4) is 6.07 Å². The molecule has 0 bridgehead atoms. The largest absolute Gasteiger partial charge is 0.294 e. The minimum absolute atomic E-state index is 0.169. The molecule has 0 saturated carbocycles. The Morgan fingerprint density at radius 3 is 2.92 bits per heavy atom. The van der Waals surface area contributed by atoms with Crippen molar-refractivity contribution in [1.29, 1.82) is 5.26 Å². The summed E-state index contributed by atoms with van der Waals surface area (Å²) in [5, 5.41) is 8.73. The molecule has 2 heteroatoms. The third-order valence-corrected chi connectivity index (χ3v) is 2.20. The normalized spacial score (nSPS) is 14.1. The van der Waals surface area contributed by atoms with E-state index in [0.29, 0.717) is 12.0 Å². The van der Waals surface area contributed by atoms with Gasteiger partial charge >= 0.3 is 0 Å². The number of rotatable bonds is 0. The first-order valence-electron chi connectivity index (χ1n) is 3.88. The SMILES string of the molecule is N#Cc1cccc2c1CCC2=O. The van der Waals surface area contributed by atoms with Crippen molar-refractivity contribution in [3.63, 3.8) is 0 Å². The van der Waals surface area contributed by atoms with Gasteiger partial charge in [-0.2, -0.15) is 5.26 Å². The number of carbonyl (C=O) groups is 1. The van der Waals surface area contributed by atoms with Gasteiger partial charge < -0.3 is 0 Å². The summed E-state index contributed by atoms with van der Waals surface area (Å²) < 4.78 is 0. The molecule has 1 aromatic rings. The molecule has 2 nitrogen and oxygen atoms in total. The molecule has 58 valence electrons. The molecule has 1 aliphatic carbocycles. The maximum Gasteiger partial charge on any atom is 0.163 e. The second-order valence-electron chi connectivity index (χ2n) is 2.87. The van der Waals surface area contributed by atoms with Crippen LogP contribution in [0.15, 0.2) is 18.2 Å². The fraction of sp³-hybridized carbons (Fsp3) is 0.200. The third kappa shape index (κ3) is 0.835. The number of Topliss-reactive ketones (excluding diaryl/α,β-unsaturated/α-hetero) is 1. The van der Waals surface area contributed by atoms with Crippen LogP contribution in [0.3, 0.4) is 0 Å². The minimum atomic E-state index is 0.169. The van der Waals surface area contributed by atoms with Crippen molar-refractivity contribution in [1.82, 2.24) is 0 Å². The van der Waals surface area contributed by atoms with E-state index in [1.807, 2.05) is 0 Å². The van der Waals surface area contributed by atoms with Crippen molar-refractivity contribution >= 4 is 5.78 Å². The fourth-order valence-electron chi connectivity index (χ4n) is 1.60. The molecule has 2 rings (SSSR count). The van der Waals surface area contributed by atoms with Crippen molar-refractivity contribution in [2.45, 2.75) is 12.8 Å². The summed E-state index contributed by atoms with van der Waals surface area (Å²) in [7, 11) is 0. The lowest BCUT2D eigenvalue weighted by atomic mass is 10.0. The quantitative estimate of drug-likeness (QED) is 0.575. The zero-order chi connectivity index (χ0) is 8.55. The molecule has 0 N–H and O–H groups in total. The van der Waals surface area contributed by atoms with Crippen LogP contribution in [0.1, 0.15) is 27.9 Å². The van der Waals surface area contributed by atoms with Crippen LogP contribution in [0.4, 0.5) is 0 Å². The number of fused-ring (bicyclic) bond motifs is 1. The summed E-state index contributed by atoms with van der Waals surface area (Å²) in [6.07, 6.45) is 1.30. The number of nitrogens with zero attached hydrogens (tertiary/aromatic N) is 1. The van der Waals surface area contributed by atoms with E-state index in [9.17, 15) is 4.79 Å². The van der Waals surface area contributed by atoms with Gasteiger partial charge in [-0.25, -0.2) is 0 Å². The first-order valence-corrected chi connectivity index (χ1v) is 3.88. The van der Waals surface area contributed by atoms with Crippen LogP contribution < -0.4 is 0 Å². The maximum absolute atomic E-state index is 11.2. The zero-order valence-electron chi connectivity index (χ0n) is 6.50. The van der Waals surface area contributed by atoms with E-state index < -0.39 is 0 Å². The number of ketones is 1. The highest BCUT2D eigenvalue weighted by molar-refractivity contribution is 6.00. The lowest BCUT2D eigenvalue weighted by Gasteiger charge is -1.97. The highest BCUT2D eigenvalue weighted by Crippen LogP contribution is 2.24. The topological polar surface area (TPSA) is 40.9 Å². The minimum Gasteiger partial charge on any atom is -0.294 e. The Morgan fingerprint density at radius 1 is 1.33 bits per heavy atom. The van der Waals surface area contributed by atoms with E-state index in [1.54, 1.807) is 18.2 Å². The van der Waals surface area contributed by atoms with Gasteiger partial charge in [0, 0.05) is 12.0 Å². The Morgan fingerprint density at radius 2 is 2.17 bits per heavy atom. The Labute approximate surface area is 70.4 Å². The predicted molar refractivity (Wildman–Crippen MR) is 43.8 cm³/mol. The molecule has 1 aliphatic rings. The van der Waals surface area contributed by atoms with Gasteiger partial charge in [0.05, 0.1) is 11.6 Å². The monoisotopic (exact) mass is 157 g/mol. The molecule has 0 saturated heterocycles. The first kappa shape index (κ1) is 7.05. The molecule has 0 aliphatic heterocycles. The lowest BCUT2D eigenvalue weighted by Crippen LogP contribution is -1.91. The molecule has 1 aromatic carbocycles. The van der Waals surface area contributed by atoms with Gasteiger partial charge in [0.2, 0.25) is 0 Å². The summed E-state index contributed by atoms with van der Waals surface area (Å²) in [6, 6.07) is 7.42. The van der Waals surface area contributed by atoms with E-state index in [4.69, 9.17) is 5.26 Å². The van der Waals surface area contributed by atoms with Crippen molar-refractivity contribution in [2.24, 2.45) is 0 Å². The summed E-state index contributed by atoms with van der Waals surface area (Å²) >= 11 is 0. The average molecular weight is 157 g/mol. The number of hydrogen-bond acceptors (Lipinski definition) is 2. The molecule has 0 spiro atoms. The van der Waals surface area contributed by atoms with E-state index in [2.05, 4.69) is 6.07 Å². The Balaban J connectivity index is 2.68. The summed E-state index contributed by atoms with van der Waals surface area (Å²) in [5.41, 5.74) is 2.33. The Kier molecular flexibility index (Phi) is 1.44. The molecular weight excluding hydrogens is 150 g/mol. The van der Waals surface area contributed by atoms with Gasteiger partial charge in [-0.05, 0) is 18.1 Å². The molecule has 0 atom stereocenters. The summed E-state index contributed by atoms with van der Waals surface area (Å²) in [5.74, 6) is 0.169. The van der Waals surface area contributed by atoms with Gasteiger partial charge in [-0.1, -0.05) is 12.1 Å². The number of hydrogen-bond donors (Lipinski definition) is 0. The molecule has 0 amide bonds. The van der Waals surface area contributed by atoms with E-state index in [1.165, 1.54) is 0 Å². The van der Waals surface area contributed by atoms with Gasteiger partial charge in [0.25, 0.3) is 0 Å². The molecule has 0 radical (unpaired) electrons. The summed E-state index contributed by atoms with van der Waals surface area (Å²) in [4.78, 5) is 11.2. The van der Waals surface area contributed by atoms with Crippen molar-refractivity contribution in [3.05, 3.63) is 34.9 Å². The third-order valence-electron chi connectivity index (χ3n) is 2.20. The summed E-state index contributed by atoms with van der Waals surface area (Å²) in [6.45, 7) is 0. The zero-order valence-corrected chi connectivity index (χ0v) is 6.50. The second-order valence-corrected chi connectivity index (χ2v) is 2.87. The van der Waals surface area contributed by atoms with Crippen LogP contribution in [0, 0.1) is 11.3 Å². The van der Waals surface area contributed by atoms with Crippen LogP contribution in [-0.2, 0) is 6.42 Å². The first-order chi connectivity index (χ1) is 5.83. The molecular formula is C10H7NO. The highest BCUT2D eigenvalue weighted by Gasteiger charge is 2.21. The van der Waals surface area contributed by atoms with Gasteiger partial charge in [0.15, 0.2) is 5.78 Å². The number of carbonyl (C=O) groups excluding carboxylic acids is 1. The van der Waals surface area contributed by atoms with E-state index in [-0.39, 0.29) is 5.78 Å². The van der Waals surface area contributed by atoms with Crippen molar-refractivity contribution in [2.75, 3.05) is 0 Å². The van der Waals surface area contributed by atoms with Crippen molar-refractivity contribution < 1.29 is 4.79 Å². The molecule has 0 fully saturated rings. The van der Waals surface area contributed by atoms with E-state index in [0.717, 1.165) is 17.5 Å². The van der Waals surface area contributed by atoms with Crippen LogP contribution in [0.2, 0.25) is 0 Å². The lowest BCUT2D eigenvalue weighted by molar-refractivity contribution is 0.0994. The predicted octanol–water partition coefficient (Wildman–Crippen LogP) is 1.69. The van der Waals surface area contributed by atoms with Gasteiger partial charge in [-0.3, -0.25) is 4.79 Å². The van der Waals surface area contributed by atoms with Crippen LogP contribution in [0.5, 0.6) is 0 Å². The fourth-order valence-corrected chi connectivity index (χ4v) is 1.60. The molecule has 12 heavy (non-hydrogen) atoms. The molecule has 0 unspecified atom stereocenters. The Bertz CT molecular complexity index is 387. The van der Waals surface area contributed by atoms with Gasteiger partial charge in [-0.15, -0.1) is 0 Å². The molecule has 0 heterocycles. The smallest absolute Gasteiger partial charge is 0.163 e. The molecule has 0 aromatic heterocycles. The van der Waals surface area contributed by atoms with Crippen LogP contribution in [-0.4, -0.2) is 5.78 Å². The van der Waals surface area contributed by atoms with Gasteiger partial charge in [0.1, 0.15) is 0 Å². The average Bonchev–Trinajstić information content (AvgIpc) is 2.48. The van der Waals surface area contributed by atoms with E-state index >= 15 is 0 Å². The second kappa shape index (κ2) is 2.46. The highest BCUT2D eigenvalue weighted by atomic mass is 16.1.